The zero-order valence-corrected chi connectivity index (χ0v) is 15.8. The molecule has 0 fully saturated rings. The van der Waals surface area contributed by atoms with E-state index in [1.165, 1.54) is 0 Å². The molecule has 2 aromatic carbocycles. The van der Waals surface area contributed by atoms with Gasteiger partial charge in [-0.15, -0.1) is 0 Å². The second-order valence-electron chi connectivity index (χ2n) is 6.26. The first-order valence-electron chi connectivity index (χ1n) is 8.64. The standard InChI is InChI=1S/C21H26N2O3/c1-15-7-5-6-8-18(15)14-23(16(2)21(25)22-3)20(24)13-17-9-11-19(26-4)12-10-17/h5-12,16H,13-14H2,1-4H3,(H,22,25)/t16-/m0/s1. The molecule has 138 valence electrons. The Hall–Kier alpha value is -2.82. The number of carbonyl (C=O) groups excluding carboxylic acids is 2. The van der Waals surface area contributed by atoms with Crippen molar-refractivity contribution < 1.29 is 14.3 Å². The lowest BCUT2D eigenvalue weighted by Crippen LogP contribution is -2.47. The van der Waals surface area contributed by atoms with Crippen LogP contribution in [0.15, 0.2) is 48.5 Å². The maximum absolute atomic E-state index is 13.0. The fourth-order valence-electron chi connectivity index (χ4n) is 2.78. The van der Waals surface area contributed by atoms with Crippen LogP contribution in [0.1, 0.15) is 23.6 Å². The highest BCUT2D eigenvalue weighted by atomic mass is 16.5. The molecular formula is C21H26N2O3. The van der Waals surface area contributed by atoms with Crippen LogP contribution in [0.3, 0.4) is 0 Å². The van der Waals surface area contributed by atoms with E-state index in [0.29, 0.717) is 6.54 Å². The third kappa shape index (κ3) is 4.85. The summed E-state index contributed by atoms with van der Waals surface area (Å²) in [6, 6.07) is 14.7. The Morgan fingerprint density at radius 2 is 1.77 bits per heavy atom. The third-order valence-electron chi connectivity index (χ3n) is 4.53. The van der Waals surface area contributed by atoms with Crippen molar-refractivity contribution in [3.8, 4) is 5.75 Å². The van der Waals surface area contributed by atoms with E-state index >= 15 is 0 Å². The summed E-state index contributed by atoms with van der Waals surface area (Å²) >= 11 is 0. The SMILES string of the molecule is CNC(=O)[C@H](C)N(Cc1ccccc1C)C(=O)Cc1ccc(OC)cc1. The second kappa shape index (κ2) is 9.04. The number of amides is 2. The number of nitrogens with one attached hydrogen (secondary N) is 1. The minimum Gasteiger partial charge on any atom is -0.497 e. The molecule has 0 radical (unpaired) electrons. The molecule has 5 nitrogen and oxygen atoms in total. The number of hydrogen-bond acceptors (Lipinski definition) is 3. The summed E-state index contributed by atoms with van der Waals surface area (Å²) < 4.78 is 5.15. The van der Waals surface area contributed by atoms with Crippen molar-refractivity contribution in [2.75, 3.05) is 14.2 Å². The van der Waals surface area contributed by atoms with Crippen LogP contribution in [-0.2, 0) is 22.6 Å². The van der Waals surface area contributed by atoms with Crippen LogP contribution in [0, 0.1) is 6.92 Å². The zero-order valence-electron chi connectivity index (χ0n) is 15.8. The summed E-state index contributed by atoms with van der Waals surface area (Å²) in [6.45, 7) is 4.16. The predicted octanol–water partition coefficient (Wildman–Crippen LogP) is 2.71. The number of carbonyl (C=O) groups is 2. The van der Waals surface area contributed by atoms with Crippen molar-refractivity contribution in [2.45, 2.75) is 32.9 Å². The van der Waals surface area contributed by atoms with Gasteiger partial charge in [0.25, 0.3) is 0 Å². The molecule has 2 rings (SSSR count). The van der Waals surface area contributed by atoms with Gasteiger partial charge in [0, 0.05) is 13.6 Å². The van der Waals surface area contributed by atoms with Crippen molar-refractivity contribution in [2.24, 2.45) is 0 Å². The number of ether oxygens (including phenoxy) is 1. The lowest BCUT2D eigenvalue weighted by Gasteiger charge is -2.29. The third-order valence-corrected chi connectivity index (χ3v) is 4.53. The first kappa shape index (κ1) is 19.5. The lowest BCUT2D eigenvalue weighted by atomic mass is 10.1. The molecule has 26 heavy (non-hydrogen) atoms. The van der Waals surface area contributed by atoms with Gasteiger partial charge in [0.2, 0.25) is 11.8 Å². The van der Waals surface area contributed by atoms with Crippen LogP contribution >= 0.6 is 0 Å². The van der Waals surface area contributed by atoms with Gasteiger partial charge >= 0.3 is 0 Å². The van der Waals surface area contributed by atoms with E-state index in [1.54, 1.807) is 26.0 Å². The number of nitrogens with zero attached hydrogens (tertiary/aromatic N) is 1. The number of benzene rings is 2. The van der Waals surface area contributed by atoms with Gasteiger partial charge in [0.1, 0.15) is 11.8 Å². The largest absolute Gasteiger partial charge is 0.497 e. The maximum atomic E-state index is 13.0. The Morgan fingerprint density at radius 3 is 2.35 bits per heavy atom. The summed E-state index contributed by atoms with van der Waals surface area (Å²) in [5, 5.41) is 2.63. The minimum atomic E-state index is -0.551. The quantitative estimate of drug-likeness (QED) is 0.832. The van der Waals surface area contributed by atoms with Crippen LogP contribution in [0.4, 0.5) is 0 Å². The zero-order chi connectivity index (χ0) is 19.1. The number of hydrogen-bond donors (Lipinski definition) is 1. The average molecular weight is 354 g/mol. The number of aryl methyl sites for hydroxylation is 1. The molecule has 2 amide bonds. The molecule has 2 aromatic rings. The number of likely N-dealkylation sites (N-methyl/N-ethyl adjacent to an activating group) is 1. The van der Waals surface area contributed by atoms with Gasteiger partial charge in [-0.3, -0.25) is 9.59 Å². The van der Waals surface area contributed by atoms with E-state index in [4.69, 9.17) is 4.74 Å². The van der Waals surface area contributed by atoms with Crippen LogP contribution in [0.25, 0.3) is 0 Å². The molecule has 0 aliphatic heterocycles. The smallest absolute Gasteiger partial charge is 0.242 e. The van der Waals surface area contributed by atoms with Gasteiger partial charge < -0.3 is 15.0 Å². The summed E-state index contributed by atoms with van der Waals surface area (Å²) in [6.07, 6.45) is 0.233. The molecule has 0 bridgehead atoms. The molecule has 0 saturated heterocycles. The maximum Gasteiger partial charge on any atom is 0.242 e. The number of methoxy groups -OCH3 is 1. The van der Waals surface area contributed by atoms with Gasteiger partial charge in [-0.1, -0.05) is 36.4 Å². The molecule has 0 heterocycles. The first-order valence-corrected chi connectivity index (χ1v) is 8.64. The van der Waals surface area contributed by atoms with Crippen LogP contribution < -0.4 is 10.1 Å². The van der Waals surface area contributed by atoms with Crippen LogP contribution in [0.2, 0.25) is 0 Å². The molecule has 0 spiro atoms. The molecule has 5 heteroatoms. The van der Waals surface area contributed by atoms with Crippen molar-refractivity contribution in [1.82, 2.24) is 10.2 Å². The average Bonchev–Trinajstić information content (AvgIpc) is 2.66. The van der Waals surface area contributed by atoms with E-state index < -0.39 is 6.04 Å². The fraction of sp³-hybridized carbons (Fsp3) is 0.333. The summed E-state index contributed by atoms with van der Waals surface area (Å²) in [7, 11) is 3.19. The Balaban J connectivity index is 2.22. The Labute approximate surface area is 155 Å². The lowest BCUT2D eigenvalue weighted by molar-refractivity contribution is -0.139. The second-order valence-corrected chi connectivity index (χ2v) is 6.26. The highest BCUT2D eigenvalue weighted by Crippen LogP contribution is 2.17. The van der Waals surface area contributed by atoms with Crippen molar-refractivity contribution in [3.63, 3.8) is 0 Å². The van der Waals surface area contributed by atoms with E-state index in [-0.39, 0.29) is 18.2 Å². The monoisotopic (exact) mass is 354 g/mol. The molecular weight excluding hydrogens is 328 g/mol. The summed E-state index contributed by atoms with van der Waals surface area (Å²) in [5.74, 6) is 0.480. The van der Waals surface area contributed by atoms with Gasteiger partial charge in [-0.2, -0.15) is 0 Å². The minimum absolute atomic E-state index is 0.0884. The summed E-state index contributed by atoms with van der Waals surface area (Å²) in [4.78, 5) is 26.7. The van der Waals surface area contributed by atoms with Gasteiger partial charge in [0.05, 0.1) is 13.5 Å². The summed E-state index contributed by atoms with van der Waals surface area (Å²) in [5.41, 5.74) is 3.01. The van der Waals surface area contributed by atoms with Crippen LogP contribution in [-0.4, -0.2) is 36.9 Å². The molecule has 1 N–H and O–H groups in total. The van der Waals surface area contributed by atoms with E-state index in [0.717, 1.165) is 22.4 Å². The van der Waals surface area contributed by atoms with Crippen molar-refractivity contribution >= 4 is 11.8 Å². The Morgan fingerprint density at radius 1 is 1.12 bits per heavy atom. The van der Waals surface area contributed by atoms with E-state index in [9.17, 15) is 9.59 Å². The molecule has 0 aliphatic rings. The van der Waals surface area contributed by atoms with E-state index in [1.807, 2.05) is 55.5 Å². The molecule has 0 aromatic heterocycles. The topological polar surface area (TPSA) is 58.6 Å². The van der Waals surface area contributed by atoms with E-state index in [2.05, 4.69) is 5.32 Å². The highest BCUT2D eigenvalue weighted by Gasteiger charge is 2.25. The fourth-order valence-corrected chi connectivity index (χ4v) is 2.78. The van der Waals surface area contributed by atoms with Crippen LogP contribution in [0.5, 0.6) is 5.75 Å². The Bertz CT molecular complexity index is 756. The molecule has 0 saturated carbocycles. The molecule has 0 aliphatic carbocycles. The van der Waals surface area contributed by atoms with Gasteiger partial charge in [-0.05, 0) is 42.7 Å². The van der Waals surface area contributed by atoms with Crippen molar-refractivity contribution in [1.29, 1.82) is 0 Å². The molecule has 1 atom stereocenters. The van der Waals surface area contributed by atoms with Crippen molar-refractivity contribution in [3.05, 3.63) is 65.2 Å². The van der Waals surface area contributed by atoms with Gasteiger partial charge in [0.15, 0.2) is 0 Å². The highest BCUT2D eigenvalue weighted by molar-refractivity contribution is 5.88. The number of rotatable bonds is 7. The predicted molar refractivity (Wildman–Crippen MR) is 102 cm³/mol. The Kier molecular flexibility index (Phi) is 6.78. The molecule has 0 unspecified atom stereocenters. The first-order chi connectivity index (χ1) is 12.5. The van der Waals surface area contributed by atoms with Gasteiger partial charge in [-0.25, -0.2) is 0 Å². The normalized spacial score (nSPS) is 11.5.